The maximum absolute atomic E-state index is 13.2. The van der Waals surface area contributed by atoms with Gasteiger partial charge in [0.25, 0.3) is 0 Å². The number of anilines is 3. The summed E-state index contributed by atoms with van der Waals surface area (Å²) in [7, 11) is 0. The van der Waals surface area contributed by atoms with Crippen molar-refractivity contribution in [1.82, 2.24) is 0 Å². The molecule has 1 atom stereocenters. The van der Waals surface area contributed by atoms with E-state index in [1.54, 1.807) is 6.07 Å². The second-order valence-electron chi connectivity index (χ2n) is 7.20. The number of ketones is 1. The van der Waals surface area contributed by atoms with E-state index in [1.165, 1.54) is 4.90 Å². The van der Waals surface area contributed by atoms with E-state index in [-0.39, 0.29) is 18.2 Å². The maximum atomic E-state index is 13.2. The molecule has 29 heavy (non-hydrogen) atoms. The summed E-state index contributed by atoms with van der Waals surface area (Å²) in [5.41, 5.74) is 10.3. The number of hydrogen-bond acceptors (Lipinski definition) is 4. The van der Waals surface area contributed by atoms with E-state index in [4.69, 9.17) is 5.73 Å². The first kappa shape index (κ1) is 18.9. The maximum Gasteiger partial charge on any atom is 0.246 e. The molecule has 0 aromatic heterocycles. The summed E-state index contributed by atoms with van der Waals surface area (Å²) in [4.78, 5) is 29.7. The van der Waals surface area contributed by atoms with Gasteiger partial charge < -0.3 is 15.5 Å². The number of benzene rings is 3. The molecule has 3 aromatic rings. The highest BCUT2D eigenvalue weighted by Crippen LogP contribution is 2.37. The van der Waals surface area contributed by atoms with Crippen LogP contribution in [-0.2, 0) is 4.79 Å². The van der Waals surface area contributed by atoms with Crippen molar-refractivity contribution < 1.29 is 9.59 Å². The van der Waals surface area contributed by atoms with Crippen molar-refractivity contribution in [2.24, 2.45) is 5.73 Å². The third kappa shape index (κ3) is 3.65. The summed E-state index contributed by atoms with van der Waals surface area (Å²) < 4.78 is 0. The molecule has 1 unspecified atom stereocenters. The van der Waals surface area contributed by atoms with Crippen LogP contribution in [0.2, 0.25) is 0 Å². The van der Waals surface area contributed by atoms with Gasteiger partial charge in [-0.1, -0.05) is 54.6 Å². The van der Waals surface area contributed by atoms with Crippen LogP contribution in [-0.4, -0.2) is 30.8 Å². The first-order valence-electron chi connectivity index (χ1n) is 9.63. The van der Waals surface area contributed by atoms with Gasteiger partial charge in [-0.25, -0.2) is 0 Å². The van der Waals surface area contributed by atoms with Gasteiger partial charge >= 0.3 is 0 Å². The van der Waals surface area contributed by atoms with E-state index in [9.17, 15) is 9.59 Å². The Balaban J connectivity index is 1.76. The molecule has 0 saturated carbocycles. The quantitative estimate of drug-likeness (QED) is 0.696. The van der Waals surface area contributed by atoms with Gasteiger partial charge in [-0.15, -0.1) is 0 Å². The van der Waals surface area contributed by atoms with Gasteiger partial charge in [-0.3, -0.25) is 9.59 Å². The Bertz CT molecular complexity index is 1050. The van der Waals surface area contributed by atoms with Crippen LogP contribution in [0.3, 0.4) is 0 Å². The van der Waals surface area contributed by atoms with Crippen molar-refractivity contribution >= 4 is 28.8 Å². The third-order valence-corrected chi connectivity index (χ3v) is 5.24. The lowest BCUT2D eigenvalue weighted by Gasteiger charge is -2.26. The molecule has 2 N–H and O–H groups in total. The lowest BCUT2D eigenvalue weighted by atomic mass is 10.0. The van der Waals surface area contributed by atoms with Crippen LogP contribution in [0.4, 0.5) is 17.1 Å². The van der Waals surface area contributed by atoms with E-state index in [0.29, 0.717) is 17.8 Å². The molecule has 4 rings (SSSR count). The average molecular weight is 385 g/mol. The number of amides is 1. The van der Waals surface area contributed by atoms with Crippen molar-refractivity contribution in [2.45, 2.75) is 13.0 Å². The number of para-hydroxylation sites is 3. The Labute approximate surface area is 170 Å². The largest absolute Gasteiger partial charge is 0.338 e. The van der Waals surface area contributed by atoms with Gasteiger partial charge in [-0.05, 0) is 36.8 Å². The Kier molecular flexibility index (Phi) is 5.14. The van der Waals surface area contributed by atoms with Gasteiger partial charge in [0.2, 0.25) is 5.91 Å². The number of fused-ring (bicyclic) bond motifs is 1. The molecular weight excluding hydrogens is 362 g/mol. The third-order valence-electron chi connectivity index (χ3n) is 5.24. The molecule has 0 saturated heterocycles. The molecule has 1 aliphatic heterocycles. The number of rotatable bonds is 4. The molecular formula is C24H23N3O2. The van der Waals surface area contributed by atoms with Crippen molar-refractivity contribution in [3.8, 4) is 0 Å². The normalized spacial score (nSPS) is 16.3. The van der Waals surface area contributed by atoms with Gasteiger partial charge in [-0.2, -0.15) is 0 Å². The monoisotopic (exact) mass is 385 g/mol. The van der Waals surface area contributed by atoms with Gasteiger partial charge in [0, 0.05) is 17.8 Å². The lowest BCUT2D eigenvalue weighted by Crippen LogP contribution is -2.48. The van der Waals surface area contributed by atoms with E-state index in [2.05, 4.69) is 0 Å². The van der Waals surface area contributed by atoms with Crippen LogP contribution in [0, 0.1) is 6.92 Å². The fourth-order valence-corrected chi connectivity index (χ4v) is 3.74. The topological polar surface area (TPSA) is 66.6 Å². The minimum absolute atomic E-state index is 0.0446. The highest BCUT2D eigenvalue weighted by atomic mass is 16.2. The molecule has 5 nitrogen and oxygen atoms in total. The molecule has 0 radical (unpaired) electrons. The first-order valence-corrected chi connectivity index (χ1v) is 9.63. The smallest absolute Gasteiger partial charge is 0.246 e. The molecule has 0 fully saturated rings. The highest BCUT2D eigenvalue weighted by Gasteiger charge is 2.33. The Morgan fingerprint density at radius 2 is 1.55 bits per heavy atom. The molecule has 0 bridgehead atoms. The van der Waals surface area contributed by atoms with Crippen molar-refractivity contribution in [1.29, 1.82) is 0 Å². The summed E-state index contributed by atoms with van der Waals surface area (Å²) in [6.45, 7) is 2.19. The fourth-order valence-electron chi connectivity index (χ4n) is 3.74. The van der Waals surface area contributed by atoms with Gasteiger partial charge in [0.15, 0.2) is 5.78 Å². The number of carbonyl (C=O) groups is 2. The number of nitrogens with zero attached hydrogens (tertiary/aromatic N) is 2. The van der Waals surface area contributed by atoms with E-state index < -0.39 is 6.04 Å². The van der Waals surface area contributed by atoms with Crippen LogP contribution >= 0.6 is 0 Å². The van der Waals surface area contributed by atoms with E-state index in [1.807, 2.05) is 84.6 Å². The highest BCUT2D eigenvalue weighted by molar-refractivity contribution is 6.10. The summed E-state index contributed by atoms with van der Waals surface area (Å²) in [6.07, 6.45) is 0. The lowest BCUT2D eigenvalue weighted by molar-refractivity contribution is -0.119. The van der Waals surface area contributed by atoms with E-state index >= 15 is 0 Å². The van der Waals surface area contributed by atoms with Gasteiger partial charge in [0.05, 0.1) is 17.9 Å². The predicted molar refractivity (Wildman–Crippen MR) is 116 cm³/mol. The van der Waals surface area contributed by atoms with E-state index in [0.717, 1.165) is 16.9 Å². The SMILES string of the molecule is Cc1ccccc1C(=O)CN1C(=O)C(N)CN(c2ccccc2)c2ccccc21. The number of Topliss-reactive ketones (excluding diaryl/α,β-unsaturated/α-hetero) is 1. The number of hydrogen-bond donors (Lipinski definition) is 1. The first-order chi connectivity index (χ1) is 14.1. The second-order valence-corrected chi connectivity index (χ2v) is 7.20. The minimum Gasteiger partial charge on any atom is -0.338 e. The van der Waals surface area contributed by atoms with Gasteiger partial charge in [0.1, 0.15) is 6.04 Å². The Morgan fingerprint density at radius 1 is 0.931 bits per heavy atom. The van der Waals surface area contributed by atoms with Crippen molar-refractivity contribution in [2.75, 3.05) is 22.9 Å². The second kappa shape index (κ2) is 7.89. The minimum atomic E-state index is -0.743. The van der Waals surface area contributed by atoms with Crippen LogP contribution in [0.15, 0.2) is 78.9 Å². The fraction of sp³-hybridized carbons (Fsp3) is 0.167. The number of carbonyl (C=O) groups excluding carboxylic acids is 2. The summed E-state index contributed by atoms with van der Waals surface area (Å²) in [5, 5.41) is 0. The molecule has 5 heteroatoms. The molecule has 1 heterocycles. The Morgan fingerprint density at radius 3 is 2.28 bits per heavy atom. The average Bonchev–Trinajstić information content (AvgIpc) is 2.85. The van der Waals surface area contributed by atoms with Crippen LogP contribution in [0.1, 0.15) is 15.9 Å². The van der Waals surface area contributed by atoms with Crippen LogP contribution < -0.4 is 15.5 Å². The molecule has 3 aromatic carbocycles. The molecule has 0 spiro atoms. The molecule has 1 amide bonds. The number of nitrogens with two attached hydrogens (primary N) is 1. The standard InChI is InChI=1S/C24H23N3O2/c1-17-9-5-6-12-19(17)23(28)16-27-22-14-8-7-13-21(22)26(15-20(25)24(27)29)18-10-3-2-4-11-18/h2-14,20H,15-16,25H2,1H3. The summed E-state index contributed by atoms with van der Waals surface area (Å²) in [6, 6.07) is 24.1. The zero-order valence-electron chi connectivity index (χ0n) is 16.3. The summed E-state index contributed by atoms with van der Waals surface area (Å²) in [5.74, 6) is -0.357. The summed E-state index contributed by atoms with van der Waals surface area (Å²) >= 11 is 0. The predicted octanol–water partition coefficient (Wildman–Crippen LogP) is 3.69. The van der Waals surface area contributed by atoms with Crippen LogP contribution in [0.25, 0.3) is 0 Å². The van der Waals surface area contributed by atoms with Crippen molar-refractivity contribution in [3.63, 3.8) is 0 Å². The zero-order valence-corrected chi connectivity index (χ0v) is 16.3. The molecule has 1 aliphatic rings. The van der Waals surface area contributed by atoms with Crippen molar-refractivity contribution in [3.05, 3.63) is 90.0 Å². The zero-order chi connectivity index (χ0) is 20.4. The number of aryl methyl sites for hydroxylation is 1. The van der Waals surface area contributed by atoms with Crippen LogP contribution in [0.5, 0.6) is 0 Å². The Hall–Kier alpha value is -3.44. The molecule has 0 aliphatic carbocycles. The molecule has 146 valence electrons.